The molecular formula is C12H20N2O. The van der Waals surface area contributed by atoms with Gasteiger partial charge < -0.3 is 5.11 Å². The molecule has 1 aliphatic rings. The SMILES string of the molecule is CCC1CCC(C(O)c2cn[nH]c2)CC1. The molecule has 0 saturated heterocycles. The fourth-order valence-electron chi connectivity index (χ4n) is 2.61. The van der Waals surface area contributed by atoms with Gasteiger partial charge in [0.2, 0.25) is 0 Å². The second-order valence-electron chi connectivity index (χ2n) is 4.67. The lowest BCUT2D eigenvalue weighted by Gasteiger charge is -2.30. The Morgan fingerprint density at radius 1 is 1.47 bits per heavy atom. The van der Waals surface area contributed by atoms with Gasteiger partial charge in [-0.3, -0.25) is 5.10 Å². The Balaban J connectivity index is 1.90. The van der Waals surface area contributed by atoms with Gasteiger partial charge in [0.1, 0.15) is 0 Å². The molecule has 0 aromatic carbocycles. The number of H-pyrrole nitrogens is 1. The second kappa shape index (κ2) is 4.79. The fraction of sp³-hybridized carbons (Fsp3) is 0.750. The molecule has 3 nitrogen and oxygen atoms in total. The van der Waals surface area contributed by atoms with Crippen molar-refractivity contribution >= 4 is 0 Å². The molecule has 2 rings (SSSR count). The summed E-state index contributed by atoms with van der Waals surface area (Å²) in [5, 5.41) is 16.8. The average Bonchev–Trinajstić information content (AvgIpc) is 2.82. The number of aromatic amines is 1. The van der Waals surface area contributed by atoms with Crippen LogP contribution in [0.1, 0.15) is 50.7 Å². The summed E-state index contributed by atoms with van der Waals surface area (Å²) in [5.41, 5.74) is 0.940. The van der Waals surface area contributed by atoms with Gasteiger partial charge in [0.25, 0.3) is 0 Å². The van der Waals surface area contributed by atoms with Gasteiger partial charge in [0.05, 0.1) is 12.3 Å². The zero-order chi connectivity index (χ0) is 10.7. The van der Waals surface area contributed by atoms with Crippen molar-refractivity contribution in [2.75, 3.05) is 0 Å². The number of aromatic nitrogens is 2. The first kappa shape index (κ1) is 10.7. The summed E-state index contributed by atoms with van der Waals surface area (Å²) in [4.78, 5) is 0. The monoisotopic (exact) mass is 208 g/mol. The topological polar surface area (TPSA) is 48.9 Å². The first-order valence-corrected chi connectivity index (χ1v) is 5.98. The third-order valence-corrected chi connectivity index (χ3v) is 3.78. The van der Waals surface area contributed by atoms with E-state index >= 15 is 0 Å². The Kier molecular flexibility index (Phi) is 3.41. The summed E-state index contributed by atoms with van der Waals surface area (Å²) < 4.78 is 0. The lowest BCUT2D eigenvalue weighted by atomic mass is 9.77. The highest BCUT2D eigenvalue weighted by molar-refractivity contribution is 5.08. The van der Waals surface area contributed by atoms with Crippen LogP contribution in [0.3, 0.4) is 0 Å². The lowest BCUT2D eigenvalue weighted by molar-refractivity contribution is 0.0730. The number of aliphatic hydroxyl groups is 1. The summed E-state index contributed by atoms with van der Waals surface area (Å²) in [6.45, 7) is 2.26. The fourth-order valence-corrected chi connectivity index (χ4v) is 2.61. The highest BCUT2D eigenvalue weighted by atomic mass is 16.3. The third-order valence-electron chi connectivity index (χ3n) is 3.78. The molecule has 1 atom stereocenters. The molecule has 0 aliphatic heterocycles. The molecule has 0 spiro atoms. The van der Waals surface area contributed by atoms with Gasteiger partial charge in [-0.15, -0.1) is 0 Å². The normalized spacial score (nSPS) is 28.9. The molecule has 1 saturated carbocycles. The van der Waals surface area contributed by atoms with Crippen LogP contribution in [0.15, 0.2) is 12.4 Å². The minimum atomic E-state index is -0.318. The molecule has 1 aliphatic carbocycles. The highest BCUT2D eigenvalue weighted by Gasteiger charge is 2.26. The van der Waals surface area contributed by atoms with Crippen molar-refractivity contribution in [2.45, 2.75) is 45.1 Å². The Labute approximate surface area is 90.9 Å². The van der Waals surface area contributed by atoms with Crippen LogP contribution in [0, 0.1) is 11.8 Å². The predicted octanol–water partition coefficient (Wildman–Crippen LogP) is 2.66. The summed E-state index contributed by atoms with van der Waals surface area (Å²) in [5.74, 6) is 1.32. The van der Waals surface area contributed by atoms with Crippen molar-refractivity contribution in [3.05, 3.63) is 18.0 Å². The van der Waals surface area contributed by atoms with E-state index in [0.29, 0.717) is 5.92 Å². The molecule has 1 fully saturated rings. The number of hydrogen-bond acceptors (Lipinski definition) is 2. The molecular weight excluding hydrogens is 188 g/mol. The van der Waals surface area contributed by atoms with E-state index < -0.39 is 0 Å². The van der Waals surface area contributed by atoms with E-state index in [2.05, 4.69) is 17.1 Å². The number of rotatable bonds is 3. The van der Waals surface area contributed by atoms with Crippen molar-refractivity contribution in [3.8, 4) is 0 Å². The van der Waals surface area contributed by atoms with Crippen LogP contribution in [0.5, 0.6) is 0 Å². The first-order chi connectivity index (χ1) is 7.31. The van der Waals surface area contributed by atoms with Gasteiger partial charge in [-0.1, -0.05) is 26.2 Å². The molecule has 1 aromatic rings. The van der Waals surface area contributed by atoms with E-state index in [0.717, 1.165) is 24.3 Å². The second-order valence-corrected chi connectivity index (χ2v) is 4.67. The Bertz CT molecular complexity index is 276. The summed E-state index contributed by atoms with van der Waals surface area (Å²) in [6.07, 6.45) is 9.37. The predicted molar refractivity (Wildman–Crippen MR) is 59.3 cm³/mol. The van der Waals surface area contributed by atoms with Crippen LogP contribution >= 0.6 is 0 Å². The quantitative estimate of drug-likeness (QED) is 0.802. The van der Waals surface area contributed by atoms with Crippen LogP contribution in [-0.2, 0) is 0 Å². The van der Waals surface area contributed by atoms with Crippen LogP contribution in [0.4, 0.5) is 0 Å². The highest BCUT2D eigenvalue weighted by Crippen LogP contribution is 2.37. The van der Waals surface area contributed by atoms with Crippen LogP contribution in [-0.4, -0.2) is 15.3 Å². The van der Waals surface area contributed by atoms with Crippen molar-refractivity contribution in [2.24, 2.45) is 11.8 Å². The van der Waals surface area contributed by atoms with E-state index in [4.69, 9.17) is 0 Å². The van der Waals surface area contributed by atoms with Gasteiger partial charge in [0.15, 0.2) is 0 Å². The standard InChI is InChI=1S/C12H20N2O/c1-2-9-3-5-10(6-4-9)12(15)11-7-13-14-8-11/h7-10,12,15H,2-6H2,1H3,(H,13,14). The molecule has 1 unspecified atom stereocenters. The lowest BCUT2D eigenvalue weighted by Crippen LogP contribution is -2.19. The number of nitrogens with one attached hydrogen (secondary N) is 1. The van der Waals surface area contributed by atoms with Gasteiger partial charge in [-0.05, 0) is 24.7 Å². The van der Waals surface area contributed by atoms with Gasteiger partial charge in [0, 0.05) is 11.8 Å². The molecule has 2 N–H and O–H groups in total. The molecule has 0 amide bonds. The van der Waals surface area contributed by atoms with Gasteiger partial charge >= 0.3 is 0 Å². The number of aliphatic hydroxyl groups excluding tert-OH is 1. The van der Waals surface area contributed by atoms with Gasteiger partial charge in [-0.2, -0.15) is 5.10 Å². The number of hydrogen-bond donors (Lipinski definition) is 2. The van der Waals surface area contributed by atoms with Crippen molar-refractivity contribution < 1.29 is 5.11 Å². The summed E-state index contributed by atoms with van der Waals surface area (Å²) in [7, 11) is 0. The van der Waals surface area contributed by atoms with Crippen LogP contribution in [0.2, 0.25) is 0 Å². The van der Waals surface area contributed by atoms with E-state index in [1.54, 1.807) is 12.4 Å². The summed E-state index contributed by atoms with van der Waals surface area (Å²) in [6, 6.07) is 0. The minimum absolute atomic E-state index is 0.318. The molecule has 15 heavy (non-hydrogen) atoms. The van der Waals surface area contributed by atoms with Crippen LogP contribution < -0.4 is 0 Å². The Morgan fingerprint density at radius 2 is 2.20 bits per heavy atom. The maximum atomic E-state index is 10.1. The maximum Gasteiger partial charge on any atom is 0.0848 e. The Morgan fingerprint density at radius 3 is 2.73 bits per heavy atom. The maximum absolute atomic E-state index is 10.1. The number of nitrogens with zero attached hydrogens (tertiary/aromatic N) is 1. The molecule has 3 heteroatoms. The van der Waals surface area contributed by atoms with E-state index in [1.165, 1.54) is 19.3 Å². The smallest absolute Gasteiger partial charge is 0.0848 e. The molecule has 1 heterocycles. The minimum Gasteiger partial charge on any atom is -0.388 e. The van der Waals surface area contributed by atoms with Gasteiger partial charge in [-0.25, -0.2) is 0 Å². The zero-order valence-electron chi connectivity index (χ0n) is 9.32. The van der Waals surface area contributed by atoms with Crippen molar-refractivity contribution in [1.29, 1.82) is 0 Å². The van der Waals surface area contributed by atoms with Crippen molar-refractivity contribution in [1.82, 2.24) is 10.2 Å². The third kappa shape index (κ3) is 2.40. The van der Waals surface area contributed by atoms with Crippen molar-refractivity contribution in [3.63, 3.8) is 0 Å². The largest absolute Gasteiger partial charge is 0.388 e. The Hall–Kier alpha value is -0.830. The molecule has 0 radical (unpaired) electrons. The molecule has 0 bridgehead atoms. The first-order valence-electron chi connectivity index (χ1n) is 5.98. The molecule has 1 aromatic heterocycles. The summed E-state index contributed by atoms with van der Waals surface area (Å²) >= 11 is 0. The zero-order valence-corrected chi connectivity index (χ0v) is 9.32. The van der Waals surface area contributed by atoms with Crippen LogP contribution in [0.25, 0.3) is 0 Å². The average molecular weight is 208 g/mol. The van der Waals surface area contributed by atoms with E-state index in [1.807, 2.05) is 0 Å². The van der Waals surface area contributed by atoms with E-state index in [-0.39, 0.29) is 6.10 Å². The molecule has 84 valence electrons. The van der Waals surface area contributed by atoms with E-state index in [9.17, 15) is 5.11 Å².